The molecule has 2 heterocycles. The summed E-state index contributed by atoms with van der Waals surface area (Å²) in [5.41, 5.74) is 7.55. The van der Waals surface area contributed by atoms with E-state index in [9.17, 15) is 14.7 Å². The first kappa shape index (κ1) is 25.6. The van der Waals surface area contributed by atoms with E-state index in [1.807, 2.05) is 72.0 Å². The van der Waals surface area contributed by atoms with Gasteiger partial charge < -0.3 is 14.7 Å². The second-order valence-electron chi connectivity index (χ2n) is 9.77. The summed E-state index contributed by atoms with van der Waals surface area (Å²) < 4.78 is 7.43. The molecule has 4 aromatic rings. The lowest BCUT2D eigenvalue weighted by Crippen LogP contribution is -2.39. The Bertz CT molecular complexity index is 1480. The average molecular weight is 513 g/mol. The summed E-state index contributed by atoms with van der Waals surface area (Å²) in [4.78, 5) is 27.2. The smallest absolute Gasteiger partial charge is 0.304 e. The first-order valence-corrected chi connectivity index (χ1v) is 12.9. The lowest BCUT2D eigenvalue weighted by molar-refractivity contribution is -0.143. The van der Waals surface area contributed by atoms with E-state index in [4.69, 9.17) is 4.74 Å². The molecule has 1 amide bonds. The van der Waals surface area contributed by atoms with Crippen LogP contribution in [0.4, 0.5) is 0 Å². The van der Waals surface area contributed by atoms with E-state index in [-0.39, 0.29) is 18.2 Å². The molecule has 0 aliphatic carbocycles. The highest BCUT2D eigenvalue weighted by Gasteiger charge is 2.30. The van der Waals surface area contributed by atoms with Crippen molar-refractivity contribution in [2.24, 2.45) is 0 Å². The van der Waals surface area contributed by atoms with Crippen LogP contribution in [-0.4, -0.2) is 50.5 Å². The third kappa shape index (κ3) is 4.79. The Morgan fingerprint density at radius 2 is 1.84 bits per heavy atom. The molecule has 0 fully saturated rings. The van der Waals surface area contributed by atoms with Gasteiger partial charge in [0, 0.05) is 32.7 Å². The number of carboxylic acid groups (broad SMARTS) is 1. The Morgan fingerprint density at radius 3 is 2.55 bits per heavy atom. The number of carboxylic acids is 1. The van der Waals surface area contributed by atoms with E-state index in [0.29, 0.717) is 19.6 Å². The van der Waals surface area contributed by atoms with Gasteiger partial charge in [-0.05, 0) is 59.7 Å². The Hall–Kier alpha value is -4.04. The van der Waals surface area contributed by atoms with Crippen molar-refractivity contribution in [3.63, 3.8) is 0 Å². The second kappa shape index (κ2) is 10.8. The molecule has 1 aliphatic rings. The van der Waals surface area contributed by atoms with Gasteiger partial charge in [-0.2, -0.15) is 0 Å². The number of carbonyl (C=O) groups excluding carboxylic acids is 1. The minimum atomic E-state index is -0.868. The van der Waals surface area contributed by atoms with Gasteiger partial charge in [0.1, 0.15) is 5.52 Å². The molecule has 1 N–H and O–H groups in total. The zero-order chi connectivity index (χ0) is 26.8. The van der Waals surface area contributed by atoms with Crippen molar-refractivity contribution >= 4 is 22.9 Å². The number of aryl methyl sites for hydroxylation is 2. The Morgan fingerprint density at radius 1 is 1.05 bits per heavy atom. The van der Waals surface area contributed by atoms with Gasteiger partial charge in [0.2, 0.25) is 0 Å². The summed E-state index contributed by atoms with van der Waals surface area (Å²) in [5, 5.41) is 18.4. The third-order valence-electron chi connectivity index (χ3n) is 7.56. The lowest BCUT2D eigenvalue weighted by atomic mass is 9.83. The Balaban J connectivity index is 1.47. The molecule has 0 saturated carbocycles. The molecule has 2 atom stereocenters. The van der Waals surface area contributed by atoms with Gasteiger partial charge in [-0.15, -0.1) is 5.10 Å². The van der Waals surface area contributed by atoms with Crippen molar-refractivity contribution in [3.05, 3.63) is 94.0 Å². The Labute approximate surface area is 221 Å². The van der Waals surface area contributed by atoms with E-state index >= 15 is 0 Å². The molecule has 1 aromatic heterocycles. The third-order valence-corrected chi connectivity index (χ3v) is 7.56. The highest BCUT2D eigenvalue weighted by Crippen LogP contribution is 2.35. The van der Waals surface area contributed by atoms with E-state index in [1.54, 1.807) is 7.11 Å². The van der Waals surface area contributed by atoms with E-state index < -0.39 is 12.1 Å². The molecule has 0 radical (unpaired) electrons. The molecule has 8 heteroatoms. The number of carbonyl (C=O) groups is 2. The van der Waals surface area contributed by atoms with Crippen LogP contribution in [0.2, 0.25) is 0 Å². The van der Waals surface area contributed by atoms with Gasteiger partial charge in [-0.3, -0.25) is 9.59 Å². The number of amides is 1. The number of benzene rings is 3. The highest BCUT2D eigenvalue weighted by atomic mass is 16.5. The normalized spacial score (nSPS) is 14.8. The molecular formula is C30H32N4O4. The fraction of sp³-hybridized carbons (Fsp3) is 0.333. The number of fused-ring (bicyclic) bond motifs is 2. The van der Waals surface area contributed by atoms with Crippen LogP contribution in [0.15, 0.2) is 60.7 Å². The van der Waals surface area contributed by atoms with Gasteiger partial charge in [-0.1, -0.05) is 59.8 Å². The van der Waals surface area contributed by atoms with Crippen molar-refractivity contribution in [1.82, 2.24) is 19.9 Å². The first-order chi connectivity index (χ1) is 18.4. The average Bonchev–Trinajstić information content (AvgIpc) is 3.36. The summed E-state index contributed by atoms with van der Waals surface area (Å²) >= 11 is 0. The predicted molar refractivity (Wildman–Crippen MR) is 144 cm³/mol. The van der Waals surface area contributed by atoms with Crippen LogP contribution in [0, 0.1) is 6.92 Å². The number of rotatable bonds is 8. The van der Waals surface area contributed by atoms with Gasteiger partial charge in [0.15, 0.2) is 6.10 Å². The van der Waals surface area contributed by atoms with Crippen LogP contribution in [0.1, 0.15) is 58.7 Å². The van der Waals surface area contributed by atoms with Crippen molar-refractivity contribution in [2.75, 3.05) is 13.7 Å². The Kier molecular flexibility index (Phi) is 7.24. The number of nitrogens with zero attached hydrogens (tertiary/aromatic N) is 4. The molecule has 1 aliphatic heterocycles. The van der Waals surface area contributed by atoms with Crippen LogP contribution in [0.5, 0.6) is 0 Å². The fourth-order valence-electron chi connectivity index (χ4n) is 5.53. The number of ether oxygens (including phenoxy) is 1. The quantitative estimate of drug-likeness (QED) is 0.369. The molecule has 196 valence electrons. The van der Waals surface area contributed by atoms with Gasteiger partial charge >= 0.3 is 5.97 Å². The predicted octanol–water partition coefficient (Wildman–Crippen LogP) is 4.64. The largest absolute Gasteiger partial charge is 0.481 e. The van der Waals surface area contributed by atoms with Crippen LogP contribution < -0.4 is 0 Å². The molecule has 38 heavy (non-hydrogen) atoms. The van der Waals surface area contributed by atoms with Crippen molar-refractivity contribution in [3.8, 4) is 0 Å². The topological polar surface area (TPSA) is 97.5 Å². The summed E-state index contributed by atoms with van der Waals surface area (Å²) in [6, 6.07) is 19.7. The zero-order valence-electron chi connectivity index (χ0n) is 21.9. The van der Waals surface area contributed by atoms with E-state index in [2.05, 4.69) is 22.4 Å². The summed E-state index contributed by atoms with van der Waals surface area (Å²) in [6.45, 7) is 5.77. The highest BCUT2D eigenvalue weighted by molar-refractivity contribution is 5.83. The molecule has 0 bridgehead atoms. The van der Waals surface area contributed by atoms with Crippen LogP contribution in [-0.2, 0) is 33.8 Å². The van der Waals surface area contributed by atoms with Crippen molar-refractivity contribution in [2.45, 2.75) is 51.8 Å². The first-order valence-electron chi connectivity index (χ1n) is 12.9. The maximum Gasteiger partial charge on any atom is 0.304 e. The molecule has 1 unspecified atom stereocenters. The van der Waals surface area contributed by atoms with Crippen LogP contribution in [0.25, 0.3) is 11.0 Å². The lowest BCUT2D eigenvalue weighted by Gasteiger charge is -2.32. The molecule has 8 nitrogen and oxygen atoms in total. The maximum atomic E-state index is 13.4. The summed E-state index contributed by atoms with van der Waals surface area (Å²) in [6.07, 6.45) is 0.0307. The second-order valence-corrected chi connectivity index (χ2v) is 9.77. The van der Waals surface area contributed by atoms with Gasteiger partial charge in [0.05, 0.1) is 11.9 Å². The van der Waals surface area contributed by atoms with Crippen molar-refractivity contribution < 1.29 is 19.4 Å². The maximum absolute atomic E-state index is 13.4. The molecule has 0 saturated heterocycles. The number of hydrogen-bond acceptors (Lipinski definition) is 5. The zero-order valence-corrected chi connectivity index (χ0v) is 21.9. The molecule has 0 spiro atoms. The fourth-order valence-corrected chi connectivity index (χ4v) is 5.53. The SMILES string of the molecule is CCn1nnc2c(C)c(C(CC(=O)O)c3ccc4c(c3)CN(C(=O)[C@@H](OC)c3ccccc3)CC4)ccc21. The minimum Gasteiger partial charge on any atom is -0.481 e. The number of aromatic nitrogens is 3. The number of aliphatic carboxylic acids is 1. The molecular weight excluding hydrogens is 480 g/mol. The number of methoxy groups -OCH3 is 1. The molecule has 3 aromatic carbocycles. The monoisotopic (exact) mass is 512 g/mol. The summed E-state index contributed by atoms with van der Waals surface area (Å²) in [7, 11) is 1.56. The van der Waals surface area contributed by atoms with Crippen molar-refractivity contribution in [1.29, 1.82) is 0 Å². The van der Waals surface area contributed by atoms with Gasteiger partial charge in [0.25, 0.3) is 5.91 Å². The van der Waals surface area contributed by atoms with Crippen LogP contribution in [0.3, 0.4) is 0 Å². The molecule has 5 rings (SSSR count). The van der Waals surface area contributed by atoms with E-state index in [0.717, 1.165) is 45.3 Å². The standard InChI is InChI=1S/C30H32N4O4/c1-4-34-26-13-12-24(19(2)28(26)31-32-34)25(17-27(35)36)22-11-10-20-14-15-33(18-23(20)16-22)30(37)29(38-3)21-8-6-5-7-9-21/h5-13,16,25,29H,4,14-15,17-18H2,1-3H3,(H,35,36)/t25?,29-/m0/s1. The van der Waals surface area contributed by atoms with Crippen LogP contribution >= 0.6 is 0 Å². The van der Waals surface area contributed by atoms with Gasteiger partial charge in [-0.25, -0.2) is 4.68 Å². The minimum absolute atomic E-state index is 0.0462. The van der Waals surface area contributed by atoms with E-state index in [1.165, 1.54) is 5.56 Å². The summed E-state index contributed by atoms with van der Waals surface area (Å²) in [5.74, 6) is -1.29. The number of hydrogen-bond donors (Lipinski definition) is 1.